The van der Waals surface area contributed by atoms with E-state index in [1.54, 1.807) is 37.3 Å². The van der Waals surface area contributed by atoms with E-state index < -0.39 is 11.5 Å². The topological polar surface area (TPSA) is 55.4 Å². The number of esters is 1. The van der Waals surface area contributed by atoms with Crippen LogP contribution >= 0.6 is 0 Å². The SMILES string of the molecule is CCOC(=O)/C=C\C(C)(C)NC(=O)c1ccccc1. The number of ether oxygens (including phenoxy) is 1. The van der Waals surface area contributed by atoms with Crippen LogP contribution in [0, 0.1) is 0 Å². The lowest BCUT2D eigenvalue weighted by Gasteiger charge is -2.22. The summed E-state index contributed by atoms with van der Waals surface area (Å²) in [5.74, 6) is -0.594. The highest BCUT2D eigenvalue weighted by Crippen LogP contribution is 2.07. The van der Waals surface area contributed by atoms with Crippen molar-refractivity contribution in [2.24, 2.45) is 0 Å². The summed E-state index contributed by atoms with van der Waals surface area (Å²) in [4.78, 5) is 23.2. The zero-order valence-electron chi connectivity index (χ0n) is 11.5. The highest BCUT2D eigenvalue weighted by atomic mass is 16.5. The van der Waals surface area contributed by atoms with Gasteiger partial charge < -0.3 is 10.1 Å². The number of benzene rings is 1. The van der Waals surface area contributed by atoms with Gasteiger partial charge in [-0.25, -0.2) is 4.79 Å². The maximum atomic E-state index is 12.0. The van der Waals surface area contributed by atoms with E-state index in [1.165, 1.54) is 6.08 Å². The first-order valence-corrected chi connectivity index (χ1v) is 6.18. The fraction of sp³-hybridized carbons (Fsp3) is 0.333. The van der Waals surface area contributed by atoms with Gasteiger partial charge in [0, 0.05) is 11.6 Å². The molecule has 0 aliphatic carbocycles. The Kier molecular flexibility index (Phi) is 5.30. The van der Waals surface area contributed by atoms with Gasteiger partial charge in [0.2, 0.25) is 0 Å². The van der Waals surface area contributed by atoms with Crippen molar-refractivity contribution in [3.63, 3.8) is 0 Å². The van der Waals surface area contributed by atoms with Gasteiger partial charge in [0.05, 0.1) is 12.1 Å². The summed E-state index contributed by atoms with van der Waals surface area (Å²) in [7, 11) is 0. The lowest BCUT2D eigenvalue weighted by molar-refractivity contribution is -0.137. The maximum absolute atomic E-state index is 12.0. The Labute approximate surface area is 113 Å². The third kappa shape index (κ3) is 5.38. The van der Waals surface area contributed by atoms with E-state index in [-0.39, 0.29) is 5.91 Å². The molecular formula is C15H19NO3. The van der Waals surface area contributed by atoms with E-state index in [0.29, 0.717) is 12.2 Å². The van der Waals surface area contributed by atoms with E-state index in [9.17, 15) is 9.59 Å². The van der Waals surface area contributed by atoms with Crippen LogP contribution in [0.15, 0.2) is 42.5 Å². The molecule has 0 aromatic heterocycles. The zero-order chi connectivity index (χ0) is 14.3. The van der Waals surface area contributed by atoms with Gasteiger partial charge in [-0.2, -0.15) is 0 Å². The number of nitrogens with one attached hydrogen (secondary N) is 1. The van der Waals surface area contributed by atoms with E-state index in [2.05, 4.69) is 5.32 Å². The molecule has 0 heterocycles. The Morgan fingerprint density at radius 1 is 1.26 bits per heavy atom. The van der Waals surface area contributed by atoms with Crippen LogP contribution < -0.4 is 5.32 Å². The molecule has 0 saturated heterocycles. The Balaban J connectivity index is 2.64. The minimum atomic E-state index is -0.625. The summed E-state index contributed by atoms with van der Waals surface area (Å²) in [6, 6.07) is 8.93. The van der Waals surface area contributed by atoms with Gasteiger partial charge in [-0.3, -0.25) is 4.79 Å². The molecule has 0 radical (unpaired) electrons. The first-order chi connectivity index (χ1) is 8.94. The molecule has 1 amide bonds. The molecule has 0 aliphatic heterocycles. The van der Waals surface area contributed by atoms with Crippen LogP contribution in [-0.4, -0.2) is 24.0 Å². The van der Waals surface area contributed by atoms with Crippen molar-refractivity contribution in [3.05, 3.63) is 48.0 Å². The van der Waals surface area contributed by atoms with E-state index in [0.717, 1.165) is 0 Å². The average molecular weight is 261 g/mol. The van der Waals surface area contributed by atoms with Crippen LogP contribution in [0.3, 0.4) is 0 Å². The summed E-state index contributed by atoms with van der Waals surface area (Å²) in [5, 5.41) is 2.84. The Morgan fingerprint density at radius 3 is 2.47 bits per heavy atom. The van der Waals surface area contributed by atoms with Crippen molar-refractivity contribution >= 4 is 11.9 Å². The highest BCUT2D eigenvalue weighted by molar-refractivity contribution is 5.94. The number of hydrogen-bond donors (Lipinski definition) is 1. The van der Waals surface area contributed by atoms with Crippen molar-refractivity contribution < 1.29 is 14.3 Å². The quantitative estimate of drug-likeness (QED) is 0.653. The normalized spacial score (nSPS) is 11.3. The van der Waals surface area contributed by atoms with E-state index in [4.69, 9.17) is 4.74 Å². The fourth-order valence-electron chi connectivity index (χ4n) is 1.46. The predicted octanol–water partition coefficient (Wildman–Crippen LogP) is 2.31. The van der Waals surface area contributed by atoms with Gasteiger partial charge in [0.15, 0.2) is 0 Å². The molecule has 0 unspecified atom stereocenters. The molecule has 1 rings (SSSR count). The predicted molar refractivity (Wildman–Crippen MR) is 73.8 cm³/mol. The second-order valence-electron chi connectivity index (χ2n) is 4.63. The monoisotopic (exact) mass is 261 g/mol. The molecule has 0 fully saturated rings. The molecular weight excluding hydrogens is 242 g/mol. The summed E-state index contributed by atoms with van der Waals surface area (Å²) < 4.78 is 4.79. The first kappa shape index (κ1) is 15.0. The zero-order valence-corrected chi connectivity index (χ0v) is 11.5. The lowest BCUT2D eigenvalue weighted by atomic mass is 10.0. The number of carbonyl (C=O) groups excluding carboxylic acids is 2. The maximum Gasteiger partial charge on any atom is 0.330 e. The molecule has 0 atom stereocenters. The molecule has 1 aromatic rings. The summed E-state index contributed by atoms with van der Waals surface area (Å²) in [6.07, 6.45) is 2.95. The van der Waals surface area contributed by atoms with Gasteiger partial charge in [0.1, 0.15) is 0 Å². The number of carbonyl (C=O) groups is 2. The molecule has 0 aliphatic rings. The van der Waals surface area contributed by atoms with Crippen LogP contribution in [0.1, 0.15) is 31.1 Å². The van der Waals surface area contributed by atoms with Gasteiger partial charge in [0.25, 0.3) is 5.91 Å². The van der Waals surface area contributed by atoms with Gasteiger partial charge >= 0.3 is 5.97 Å². The minimum absolute atomic E-state index is 0.181. The standard InChI is InChI=1S/C15H19NO3/c1-4-19-13(17)10-11-15(2,3)16-14(18)12-8-6-5-7-9-12/h5-11H,4H2,1-3H3,(H,16,18)/b11-10-. The average Bonchev–Trinajstić information content (AvgIpc) is 2.37. The summed E-state index contributed by atoms with van der Waals surface area (Å²) in [6.45, 7) is 5.70. The Morgan fingerprint density at radius 2 is 1.89 bits per heavy atom. The number of hydrogen-bond acceptors (Lipinski definition) is 3. The molecule has 102 valence electrons. The largest absolute Gasteiger partial charge is 0.463 e. The van der Waals surface area contributed by atoms with Crippen molar-refractivity contribution in [2.45, 2.75) is 26.3 Å². The molecule has 4 nitrogen and oxygen atoms in total. The van der Waals surface area contributed by atoms with Crippen LogP contribution in [0.2, 0.25) is 0 Å². The Hall–Kier alpha value is -2.10. The van der Waals surface area contributed by atoms with Crippen molar-refractivity contribution in [1.82, 2.24) is 5.32 Å². The third-order valence-electron chi connectivity index (χ3n) is 2.39. The van der Waals surface area contributed by atoms with Gasteiger partial charge in [-0.15, -0.1) is 0 Å². The molecule has 1 aromatic carbocycles. The van der Waals surface area contributed by atoms with Gasteiger partial charge in [-0.1, -0.05) is 24.3 Å². The van der Waals surface area contributed by atoms with E-state index >= 15 is 0 Å². The van der Waals surface area contributed by atoms with Gasteiger partial charge in [-0.05, 0) is 32.9 Å². The van der Waals surface area contributed by atoms with Crippen molar-refractivity contribution in [1.29, 1.82) is 0 Å². The van der Waals surface area contributed by atoms with Crippen LogP contribution in [0.25, 0.3) is 0 Å². The molecule has 1 N–H and O–H groups in total. The smallest absolute Gasteiger partial charge is 0.330 e. The molecule has 0 saturated carbocycles. The highest BCUT2D eigenvalue weighted by Gasteiger charge is 2.18. The van der Waals surface area contributed by atoms with Crippen molar-refractivity contribution in [2.75, 3.05) is 6.61 Å². The third-order valence-corrected chi connectivity index (χ3v) is 2.39. The second kappa shape index (κ2) is 6.73. The van der Waals surface area contributed by atoms with Crippen LogP contribution in [-0.2, 0) is 9.53 Å². The Bertz CT molecular complexity index is 464. The summed E-state index contributed by atoms with van der Waals surface area (Å²) >= 11 is 0. The van der Waals surface area contributed by atoms with E-state index in [1.807, 2.05) is 19.9 Å². The molecule has 0 spiro atoms. The number of amides is 1. The van der Waals surface area contributed by atoms with Crippen LogP contribution in [0.5, 0.6) is 0 Å². The fourth-order valence-corrected chi connectivity index (χ4v) is 1.46. The first-order valence-electron chi connectivity index (χ1n) is 6.18. The molecule has 19 heavy (non-hydrogen) atoms. The molecule has 4 heteroatoms. The molecule has 0 bridgehead atoms. The minimum Gasteiger partial charge on any atom is -0.463 e. The second-order valence-corrected chi connectivity index (χ2v) is 4.63. The van der Waals surface area contributed by atoms with Crippen LogP contribution in [0.4, 0.5) is 0 Å². The lowest BCUT2D eigenvalue weighted by Crippen LogP contribution is -2.41. The number of rotatable bonds is 5. The summed E-state index contributed by atoms with van der Waals surface area (Å²) in [5.41, 5.74) is -0.0419. The van der Waals surface area contributed by atoms with Crippen molar-refractivity contribution in [3.8, 4) is 0 Å².